The number of hydrogen-bond acceptors (Lipinski definition) is 2. The van der Waals surface area contributed by atoms with Crippen molar-refractivity contribution in [2.75, 3.05) is 5.32 Å². The molecule has 0 amide bonds. The number of nitrogens with one attached hydrogen (secondary N) is 1. The van der Waals surface area contributed by atoms with E-state index in [9.17, 15) is 0 Å². The van der Waals surface area contributed by atoms with Gasteiger partial charge in [-0.3, -0.25) is 0 Å². The maximum Gasteiger partial charge on any atom is 0.0542 e. The maximum atomic E-state index is 3.67. The molecule has 0 radical (unpaired) electrons. The molecule has 1 aromatic carbocycles. The Morgan fingerprint density at radius 1 is 1.18 bits per heavy atom. The van der Waals surface area contributed by atoms with Crippen LogP contribution in [0, 0.1) is 12.8 Å². The molecular weight excluding hydrogens is 226 g/mol. The van der Waals surface area contributed by atoms with Gasteiger partial charge in [0, 0.05) is 11.1 Å². The average molecular weight is 243 g/mol. The van der Waals surface area contributed by atoms with Gasteiger partial charge in [0.25, 0.3) is 0 Å². The Balaban J connectivity index is 1.82. The van der Waals surface area contributed by atoms with Crippen molar-refractivity contribution >= 4 is 17.0 Å². The second-order valence-electron chi connectivity index (χ2n) is 4.88. The highest BCUT2D eigenvalue weighted by Gasteiger charge is 2.32. The Morgan fingerprint density at radius 2 is 1.94 bits per heavy atom. The van der Waals surface area contributed by atoms with Crippen molar-refractivity contribution in [1.29, 1.82) is 0 Å². The van der Waals surface area contributed by atoms with Crippen LogP contribution in [-0.2, 0) is 0 Å². The number of rotatable bonds is 4. The predicted molar refractivity (Wildman–Crippen MR) is 74.6 cm³/mol. The fraction of sp³-hybridized carbons (Fsp3) is 0.333. The van der Waals surface area contributed by atoms with Gasteiger partial charge >= 0.3 is 0 Å². The van der Waals surface area contributed by atoms with Gasteiger partial charge in [0.05, 0.1) is 6.04 Å². The van der Waals surface area contributed by atoms with E-state index in [4.69, 9.17) is 0 Å². The minimum absolute atomic E-state index is 0.491. The van der Waals surface area contributed by atoms with Gasteiger partial charge in [0.15, 0.2) is 0 Å². The largest absolute Gasteiger partial charge is 0.377 e. The summed E-state index contributed by atoms with van der Waals surface area (Å²) in [7, 11) is 0. The molecule has 3 rings (SSSR count). The third-order valence-electron chi connectivity index (χ3n) is 3.37. The first kappa shape index (κ1) is 10.8. The molecule has 1 aromatic heterocycles. The Bertz CT molecular complexity index is 468. The Labute approximate surface area is 106 Å². The monoisotopic (exact) mass is 243 g/mol. The molecule has 1 unspecified atom stereocenters. The van der Waals surface area contributed by atoms with E-state index in [1.807, 2.05) is 0 Å². The zero-order valence-corrected chi connectivity index (χ0v) is 10.8. The Kier molecular flexibility index (Phi) is 2.89. The smallest absolute Gasteiger partial charge is 0.0542 e. The summed E-state index contributed by atoms with van der Waals surface area (Å²) in [5.41, 5.74) is 4.01. The van der Waals surface area contributed by atoms with Crippen molar-refractivity contribution in [2.45, 2.75) is 25.8 Å². The van der Waals surface area contributed by atoms with Crippen LogP contribution in [0.3, 0.4) is 0 Å². The first-order valence-corrected chi connectivity index (χ1v) is 7.12. The average Bonchev–Trinajstić information content (AvgIpc) is 3.05. The van der Waals surface area contributed by atoms with Gasteiger partial charge < -0.3 is 5.32 Å². The molecule has 1 aliphatic carbocycles. The summed E-state index contributed by atoms with van der Waals surface area (Å²) in [6.45, 7) is 2.14. The van der Waals surface area contributed by atoms with Gasteiger partial charge in [-0.25, -0.2) is 0 Å². The van der Waals surface area contributed by atoms with Gasteiger partial charge in [-0.1, -0.05) is 29.8 Å². The van der Waals surface area contributed by atoms with Crippen LogP contribution in [0.25, 0.3) is 0 Å². The molecular formula is C15H17NS. The summed E-state index contributed by atoms with van der Waals surface area (Å²) in [4.78, 5) is 0. The molecule has 2 aromatic rings. The molecule has 0 saturated heterocycles. The summed E-state index contributed by atoms with van der Waals surface area (Å²) in [6, 6.07) is 11.6. The summed E-state index contributed by atoms with van der Waals surface area (Å²) in [5, 5.41) is 7.98. The Hall–Kier alpha value is -1.28. The van der Waals surface area contributed by atoms with Crippen LogP contribution in [0.1, 0.15) is 30.0 Å². The molecule has 1 N–H and O–H groups in total. The normalized spacial score (nSPS) is 16.8. The third kappa shape index (κ3) is 2.52. The quantitative estimate of drug-likeness (QED) is 0.826. The van der Waals surface area contributed by atoms with Crippen LogP contribution in [0.4, 0.5) is 5.69 Å². The van der Waals surface area contributed by atoms with Gasteiger partial charge in [-0.05, 0) is 42.7 Å². The summed E-state index contributed by atoms with van der Waals surface area (Å²) >= 11 is 1.75. The number of anilines is 1. The molecule has 1 saturated carbocycles. The molecule has 1 heterocycles. The van der Waals surface area contributed by atoms with E-state index in [1.165, 1.54) is 29.7 Å². The summed E-state index contributed by atoms with van der Waals surface area (Å²) < 4.78 is 0. The molecule has 1 nitrogen and oxygen atoms in total. The van der Waals surface area contributed by atoms with E-state index < -0.39 is 0 Å². The SMILES string of the molecule is Cc1ccc(C(Nc2ccsc2)C2CC2)cc1. The lowest BCUT2D eigenvalue weighted by molar-refractivity contribution is 0.679. The highest BCUT2D eigenvalue weighted by atomic mass is 32.1. The minimum atomic E-state index is 0.491. The van der Waals surface area contributed by atoms with Crippen molar-refractivity contribution in [2.24, 2.45) is 5.92 Å². The molecule has 0 aliphatic heterocycles. The Morgan fingerprint density at radius 3 is 2.53 bits per heavy atom. The molecule has 1 atom stereocenters. The molecule has 88 valence electrons. The third-order valence-corrected chi connectivity index (χ3v) is 4.06. The number of aryl methyl sites for hydroxylation is 1. The molecule has 17 heavy (non-hydrogen) atoms. The molecule has 1 aliphatic rings. The van der Waals surface area contributed by atoms with Crippen LogP contribution in [0.2, 0.25) is 0 Å². The first-order chi connectivity index (χ1) is 8.33. The van der Waals surface area contributed by atoms with E-state index in [0.717, 1.165) is 5.92 Å². The van der Waals surface area contributed by atoms with Gasteiger partial charge in [-0.2, -0.15) is 11.3 Å². The molecule has 0 spiro atoms. The number of thiophene rings is 1. The molecule has 0 bridgehead atoms. The predicted octanol–water partition coefficient (Wildman–Crippen LogP) is 4.62. The van der Waals surface area contributed by atoms with Crippen molar-refractivity contribution in [3.8, 4) is 0 Å². The number of hydrogen-bond donors (Lipinski definition) is 1. The fourth-order valence-corrected chi connectivity index (χ4v) is 2.80. The lowest BCUT2D eigenvalue weighted by Gasteiger charge is -2.19. The van der Waals surface area contributed by atoms with E-state index in [0.29, 0.717) is 6.04 Å². The van der Waals surface area contributed by atoms with Gasteiger partial charge in [0.2, 0.25) is 0 Å². The minimum Gasteiger partial charge on any atom is -0.377 e. The zero-order chi connectivity index (χ0) is 11.7. The molecule has 2 heteroatoms. The van der Waals surface area contributed by atoms with E-state index >= 15 is 0 Å². The van der Waals surface area contributed by atoms with E-state index in [-0.39, 0.29) is 0 Å². The lowest BCUT2D eigenvalue weighted by Crippen LogP contribution is -2.12. The van der Waals surface area contributed by atoms with Crippen molar-refractivity contribution < 1.29 is 0 Å². The zero-order valence-electron chi connectivity index (χ0n) is 10.0. The van der Waals surface area contributed by atoms with Gasteiger partial charge in [0.1, 0.15) is 0 Å². The van der Waals surface area contributed by atoms with Crippen molar-refractivity contribution in [1.82, 2.24) is 0 Å². The first-order valence-electron chi connectivity index (χ1n) is 6.18. The maximum absolute atomic E-state index is 3.67. The summed E-state index contributed by atoms with van der Waals surface area (Å²) in [6.07, 6.45) is 2.71. The second-order valence-corrected chi connectivity index (χ2v) is 5.66. The fourth-order valence-electron chi connectivity index (χ4n) is 2.20. The highest BCUT2D eigenvalue weighted by molar-refractivity contribution is 7.08. The van der Waals surface area contributed by atoms with Gasteiger partial charge in [-0.15, -0.1) is 0 Å². The van der Waals surface area contributed by atoms with Crippen LogP contribution in [0.5, 0.6) is 0 Å². The number of benzene rings is 1. The lowest BCUT2D eigenvalue weighted by atomic mass is 10.0. The van der Waals surface area contributed by atoms with E-state index in [2.05, 4.69) is 53.3 Å². The van der Waals surface area contributed by atoms with Crippen LogP contribution < -0.4 is 5.32 Å². The van der Waals surface area contributed by atoms with Crippen molar-refractivity contribution in [3.05, 3.63) is 52.2 Å². The van der Waals surface area contributed by atoms with Crippen molar-refractivity contribution in [3.63, 3.8) is 0 Å². The van der Waals surface area contributed by atoms with Crippen LogP contribution >= 0.6 is 11.3 Å². The second kappa shape index (κ2) is 4.53. The topological polar surface area (TPSA) is 12.0 Å². The van der Waals surface area contributed by atoms with Crippen LogP contribution in [-0.4, -0.2) is 0 Å². The van der Waals surface area contributed by atoms with E-state index in [1.54, 1.807) is 11.3 Å². The standard InChI is InChI=1S/C15H17NS/c1-11-2-4-12(5-3-11)15(13-6-7-13)16-14-8-9-17-10-14/h2-5,8-10,13,15-16H,6-7H2,1H3. The molecule has 1 fully saturated rings. The highest BCUT2D eigenvalue weighted by Crippen LogP contribution is 2.43. The summed E-state index contributed by atoms with van der Waals surface area (Å²) in [5.74, 6) is 0.817. The van der Waals surface area contributed by atoms with Crippen LogP contribution in [0.15, 0.2) is 41.1 Å².